The maximum atomic E-state index is 12.7. The minimum atomic E-state index is -0.269. The molecule has 0 saturated carbocycles. The van der Waals surface area contributed by atoms with Crippen LogP contribution in [0.2, 0.25) is 0 Å². The van der Waals surface area contributed by atoms with Gasteiger partial charge in [0, 0.05) is 30.4 Å². The molecule has 1 amide bonds. The third-order valence-corrected chi connectivity index (χ3v) is 6.72. The lowest BCUT2D eigenvalue weighted by molar-refractivity contribution is 0.0928. The van der Waals surface area contributed by atoms with E-state index in [1.165, 1.54) is 10.9 Å². The fourth-order valence-corrected chi connectivity index (χ4v) is 4.80. The summed E-state index contributed by atoms with van der Waals surface area (Å²) in [6.07, 6.45) is 5.65. The molecule has 0 bridgehead atoms. The number of carbonyl (C=O) groups is 1. The Kier molecular flexibility index (Phi) is 7.59. The summed E-state index contributed by atoms with van der Waals surface area (Å²) in [5.74, 6) is 0.348. The standard InChI is InChI=1S/C24H31N7O2S/c1-15(2)33-23-21(26)18(25)11-20(30-23)22(32)28-12-16-6-9-31(10-7-16)14-17-13-29-24(34-17)19-5-3-4-8-27-19/h3-5,8,11,13,15-16H,6-7,9-10,12,14,26H2,1-2H3,(H2,25,30)(H,28,32). The van der Waals surface area contributed by atoms with Crippen molar-refractivity contribution in [1.82, 2.24) is 25.2 Å². The summed E-state index contributed by atoms with van der Waals surface area (Å²) in [6.45, 7) is 7.18. The van der Waals surface area contributed by atoms with Gasteiger partial charge in [-0.25, -0.2) is 9.97 Å². The number of nitrogens with one attached hydrogen (secondary N) is 1. The first-order chi connectivity index (χ1) is 16.4. The maximum absolute atomic E-state index is 12.7. The van der Waals surface area contributed by atoms with Crippen molar-refractivity contribution in [2.75, 3.05) is 31.1 Å². The highest BCUT2D eigenvalue weighted by atomic mass is 32.1. The number of nitrogen functional groups attached to an aromatic ring is 2. The quantitative estimate of drug-likeness (QED) is 0.447. The number of rotatable bonds is 8. The number of likely N-dealkylation sites (tertiary alicyclic amines) is 1. The first kappa shape index (κ1) is 23.9. The number of hydrogen-bond acceptors (Lipinski definition) is 9. The van der Waals surface area contributed by atoms with Gasteiger partial charge in [0.1, 0.15) is 16.4 Å². The van der Waals surface area contributed by atoms with Crippen molar-refractivity contribution in [1.29, 1.82) is 0 Å². The third-order valence-electron chi connectivity index (χ3n) is 5.71. The van der Waals surface area contributed by atoms with Gasteiger partial charge in [-0.05, 0) is 63.9 Å². The van der Waals surface area contributed by atoms with Gasteiger partial charge in [0.25, 0.3) is 5.91 Å². The number of carbonyl (C=O) groups excluding carboxylic acids is 1. The first-order valence-electron chi connectivity index (χ1n) is 11.5. The maximum Gasteiger partial charge on any atom is 0.270 e. The van der Waals surface area contributed by atoms with Gasteiger partial charge in [0.05, 0.1) is 17.5 Å². The van der Waals surface area contributed by atoms with Crippen LogP contribution in [0.1, 0.15) is 42.1 Å². The topological polar surface area (TPSA) is 132 Å². The van der Waals surface area contributed by atoms with E-state index in [0.717, 1.165) is 43.2 Å². The number of amides is 1. The molecule has 0 radical (unpaired) electrons. The Morgan fingerprint density at radius 3 is 2.76 bits per heavy atom. The molecule has 3 aromatic rings. The minimum Gasteiger partial charge on any atom is -0.473 e. The Balaban J connectivity index is 1.25. The second-order valence-corrected chi connectivity index (χ2v) is 9.87. The molecule has 3 aromatic heterocycles. The number of nitrogens with zero attached hydrogens (tertiary/aromatic N) is 4. The van der Waals surface area contributed by atoms with Gasteiger partial charge in [0.15, 0.2) is 0 Å². The van der Waals surface area contributed by atoms with E-state index in [9.17, 15) is 4.79 Å². The monoisotopic (exact) mass is 481 g/mol. The number of thiazole rings is 1. The molecular formula is C24H31N7O2S. The summed E-state index contributed by atoms with van der Waals surface area (Å²) in [5.41, 5.74) is 13.6. The van der Waals surface area contributed by atoms with Crippen LogP contribution in [0.15, 0.2) is 36.7 Å². The molecular weight excluding hydrogens is 450 g/mol. The van der Waals surface area contributed by atoms with Crippen molar-refractivity contribution < 1.29 is 9.53 Å². The zero-order valence-corrected chi connectivity index (χ0v) is 20.3. The highest BCUT2D eigenvalue weighted by Gasteiger charge is 2.22. The van der Waals surface area contributed by atoms with Gasteiger partial charge < -0.3 is 21.5 Å². The van der Waals surface area contributed by atoms with Crippen molar-refractivity contribution in [2.45, 2.75) is 39.3 Å². The van der Waals surface area contributed by atoms with E-state index >= 15 is 0 Å². The van der Waals surface area contributed by atoms with E-state index in [2.05, 4.69) is 25.2 Å². The molecule has 0 aromatic carbocycles. The molecule has 1 aliphatic rings. The molecule has 0 aliphatic carbocycles. The number of aromatic nitrogens is 3. The molecule has 9 nitrogen and oxygen atoms in total. The van der Waals surface area contributed by atoms with Crippen LogP contribution < -0.4 is 21.5 Å². The van der Waals surface area contributed by atoms with Crippen LogP contribution in [0.25, 0.3) is 10.7 Å². The molecule has 4 rings (SSSR count). The number of nitrogens with two attached hydrogens (primary N) is 2. The number of pyridine rings is 2. The fraction of sp³-hybridized carbons (Fsp3) is 0.417. The van der Waals surface area contributed by atoms with Crippen LogP contribution in [-0.4, -0.2) is 51.5 Å². The van der Waals surface area contributed by atoms with Crippen molar-refractivity contribution in [3.8, 4) is 16.6 Å². The summed E-state index contributed by atoms with van der Waals surface area (Å²) in [4.78, 5) is 29.5. The second kappa shape index (κ2) is 10.8. The predicted octanol–water partition coefficient (Wildman–Crippen LogP) is 3.19. The molecule has 1 saturated heterocycles. The van der Waals surface area contributed by atoms with E-state index < -0.39 is 0 Å². The molecule has 180 valence electrons. The molecule has 34 heavy (non-hydrogen) atoms. The summed E-state index contributed by atoms with van der Waals surface area (Å²) < 4.78 is 5.59. The van der Waals surface area contributed by atoms with E-state index in [0.29, 0.717) is 18.2 Å². The minimum absolute atomic E-state index is 0.121. The van der Waals surface area contributed by atoms with Crippen LogP contribution in [0.3, 0.4) is 0 Å². The molecule has 4 heterocycles. The van der Waals surface area contributed by atoms with E-state index in [1.807, 2.05) is 38.2 Å². The number of ether oxygens (including phenoxy) is 1. The largest absolute Gasteiger partial charge is 0.473 e. The van der Waals surface area contributed by atoms with Gasteiger partial charge in [0.2, 0.25) is 5.88 Å². The summed E-state index contributed by atoms with van der Waals surface area (Å²) in [6, 6.07) is 7.36. The average Bonchev–Trinajstić information content (AvgIpc) is 3.30. The van der Waals surface area contributed by atoms with Crippen LogP contribution >= 0.6 is 11.3 Å². The second-order valence-electron chi connectivity index (χ2n) is 8.76. The van der Waals surface area contributed by atoms with Crippen LogP contribution in [0.5, 0.6) is 5.88 Å². The van der Waals surface area contributed by atoms with Crippen LogP contribution in [0, 0.1) is 5.92 Å². The number of piperidine rings is 1. The lowest BCUT2D eigenvalue weighted by Crippen LogP contribution is -2.38. The van der Waals surface area contributed by atoms with Crippen molar-refractivity contribution in [2.24, 2.45) is 5.92 Å². The van der Waals surface area contributed by atoms with E-state index in [4.69, 9.17) is 16.2 Å². The number of hydrogen-bond donors (Lipinski definition) is 3. The van der Waals surface area contributed by atoms with E-state index in [1.54, 1.807) is 17.5 Å². The molecule has 0 unspecified atom stereocenters. The Morgan fingerprint density at radius 1 is 1.26 bits per heavy atom. The molecule has 1 aliphatic heterocycles. The van der Waals surface area contributed by atoms with Gasteiger partial charge in [-0.1, -0.05) is 6.07 Å². The highest BCUT2D eigenvalue weighted by Crippen LogP contribution is 2.28. The van der Waals surface area contributed by atoms with Crippen molar-refractivity contribution >= 4 is 28.6 Å². The lowest BCUT2D eigenvalue weighted by atomic mass is 9.96. The number of anilines is 2. The molecule has 10 heteroatoms. The van der Waals surface area contributed by atoms with Crippen LogP contribution in [-0.2, 0) is 6.54 Å². The SMILES string of the molecule is CC(C)Oc1nc(C(=O)NCC2CCN(Cc3cnc(-c4ccccn4)s3)CC2)cc(N)c1N. The molecule has 5 N–H and O–H groups in total. The predicted molar refractivity (Wildman–Crippen MR) is 135 cm³/mol. The van der Waals surface area contributed by atoms with Crippen molar-refractivity contribution in [3.63, 3.8) is 0 Å². The van der Waals surface area contributed by atoms with Gasteiger partial charge in [-0.3, -0.25) is 14.7 Å². The summed E-state index contributed by atoms with van der Waals surface area (Å²) in [5, 5.41) is 3.95. The van der Waals surface area contributed by atoms with Crippen LogP contribution in [0.4, 0.5) is 11.4 Å². The molecule has 0 spiro atoms. The van der Waals surface area contributed by atoms with Gasteiger partial charge in [-0.2, -0.15) is 0 Å². The molecule has 1 fully saturated rings. The van der Waals surface area contributed by atoms with Crippen molar-refractivity contribution in [3.05, 3.63) is 47.2 Å². The van der Waals surface area contributed by atoms with Gasteiger partial charge in [-0.15, -0.1) is 11.3 Å². The summed E-state index contributed by atoms with van der Waals surface area (Å²) >= 11 is 1.69. The Hall–Kier alpha value is -3.24. The Morgan fingerprint density at radius 2 is 2.06 bits per heavy atom. The summed E-state index contributed by atoms with van der Waals surface area (Å²) in [7, 11) is 0. The normalized spacial score (nSPS) is 14.9. The Labute approximate surface area is 203 Å². The fourth-order valence-electron chi connectivity index (χ4n) is 3.86. The average molecular weight is 482 g/mol. The lowest BCUT2D eigenvalue weighted by Gasteiger charge is -2.31. The highest BCUT2D eigenvalue weighted by molar-refractivity contribution is 7.14. The molecule has 0 atom stereocenters. The van der Waals surface area contributed by atoms with Gasteiger partial charge >= 0.3 is 0 Å². The zero-order chi connectivity index (χ0) is 24.1. The zero-order valence-electron chi connectivity index (χ0n) is 19.5. The Bertz CT molecular complexity index is 1110. The smallest absolute Gasteiger partial charge is 0.270 e. The first-order valence-corrected chi connectivity index (χ1v) is 12.3. The third kappa shape index (κ3) is 6.00. The van der Waals surface area contributed by atoms with E-state index in [-0.39, 0.29) is 29.3 Å².